The number of nitrogens with one attached hydrogen (secondary N) is 1. The van der Waals surface area contributed by atoms with Gasteiger partial charge in [-0.05, 0) is 17.4 Å². The van der Waals surface area contributed by atoms with E-state index in [4.69, 9.17) is 5.73 Å². The summed E-state index contributed by atoms with van der Waals surface area (Å²) in [4.78, 5) is 12.2. The highest BCUT2D eigenvalue weighted by Gasteiger charge is 2.24. The Morgan fingerprint density at radius 3 is 2.26 bits per heavy atom. The van der Waals surface area contributed by atoms with Crippen molar-refractivity contribution < 1.29 is 4.79 Å². The second-order valence-corrected chi connectivity index (χ2v) is 5.55. The fraction of sp³-hybridized carbons (Fsp3) is 0.562. The summed E-state index contributed by atoms with van der Waals surface area (Å²) in [5, 5.41) is 3.08. The van der Waals surface area contributed by atoms with Gasteiger partial charge in [-0.15, -0.1) is 0 Å². The molecule has 0 bridgehead atoms. The third-order valence-electron chi connectivity index (χ3n) is 3.68. The highest BCUT2D eigenvalue weighted by atomic mass is 16.2. The van der Waals surface area contributed by atoms with Crippen molar-refractivity contribution in [2.45, 2.75) is 46.2 Å². The average molecular weight is 262 g/mol. The van der Waals surface area contributed by atoms with E-state index in [1.54, 1.807) is 0 Å². The molecule has 3 unspecified atom stereocenters. The van der Waals surface area contributed by atoms with Crippen LogP contribution in [-0.2, 0) is 4.79 Å². The molecule has 0 aliphatic heterocycles. The van der Waals surface area contributed by atoms with Gasteiger partial charge in [0.2, 0.25) is 5.91 Å². The monoisotopic (exact) mass is 262 g/mol. The Labute approximate surface area is 116 Å². The summed E-state index contributed by atoms with van der Waals surface area (Å²) in [7, 11) is 0. The smallest absolute Gasteiger partial charge is 0.237 e. The van der Waals surface area contributed by atoms with Crippen LogP contribution in [0.3, 0.4) is 0 Å². The molecule has 0 saturated carbocycles. The number of nitrogens with two attached hydrogens (primary N) is 1. The van der Waals surface area contributed by atoms with Crippen LogP contribution in [-0.4, -0.2) is 11.9 Å². The molecule has 19 heavy (non-hydrogen) atoms. The van der Waals surface area contributed by atoms with Gasteiger partial charge in [0.05, 0.1) is 12.1 Å². The zero-order valence-corrected chi connectivity index (χ0v) is 12.4. The second kappa shape index (κ2) is 7.29. The van der Waals surface area contributed by atoms with Gasteiger partial charge in [-0.25, -0.2) is 0 Å². The van der Waals surface area contributed by atoms with Crippen molar-refractivity contribution in [3.05, 3.63) is 35.9 Å². The van der Waals surface area contributed by atoms with Gasteiger partial charge in [-0.1, -0.05) is 64.4 Å². The van der Waals surface area contributed by atoms with E-state index in [9.17, 15) is 4.79 Å². The largest absolute Gasteiger partial charge is 0.348 e. The molecule has 3 atom stereocenters. The van der Waals surface area contributed by atoms with E-state index >= 15 is 0 Å². The van der Waals surface area contributed by atoms with Crippen molar-refractivity contribution in [2.24, 2.45) is 17.6 Å². The van der Waals surface area contributed by atoms with Crippen molar-refractivity contribution in [3.8, 4) is 0 Å². The normalized spacial score (nSPS) is 15.9. The molecule has 3 N–H and O–H groups in total. The minimum Gasteiger partial charge on any atom is -0.348 e. The SMILES string of the molecule is CCC(C)C(N)C(=O)NC(c1ccccc1)C(C)C. The molecule has 0 aliphatic carbocycles. The zero-order chi connectivity index (χ0) is 14.4. The number of carbonyl (C=O) groups is 1. The van der Waals surface area contributed by atoms with Crippen LogP contribution >= 0.6 is 0 Å². The zero-order valence-electron chi connectivity index (χ0n) is 12.4. The van der Waals surface area contributed by atoms with Crippen LogP contribution < -0.4 is 11.1 Å². The van der Waals surface area contributed by atoms with Gasteiger partial charge in [0, 0.05) is 0 Å². The van der Waals surface area contributed by atoms with Crippen LogP contribution in [0, 0.1) is 11.8 Å². The summed E-state index contributed by atoms with van der Waals surface area (Å²) in [5.74, 6) is 0.468. The summed E-state index contributed by atoms with van der Waals surface area (Å²) in [6, 6.07) is 9.63. The van der Waals surface area contributed by atoms with Crippen LogP contribution in [0.15, 0.2) is 30.3 Å². The van der Waals surface area contributed by atoms with E-state index in [-0.39, 0.29) is 17.9 Å². The lowest BCUT2D eigenvalue weighted by Crippen LogP contribution is -2.46. The molecule has 1 aromatic rings. The fourth-order valence-electron chi connectivity index (χ4n) is 2.06. The Bertz CT molecular complexity index is 389. The molecular weight excluding hydrogens is 236 g/mol. The van der Waals surface area contributed by atoms with Crippen molar-refractivity contribution in [2.75, 3.05) is 0 Å². The quantitative estimate of drug-likeness (QED) is 0.828. The second-order valence-electron chi connectivity index (χ2n) is 5.55. The van der Waals surface area contributed by atoms with Gasteiger partial charge in [0.25, 0.3) is 0 Å². The Morgan fingerprint density at radius 1 is 1.21 bits per heavy atom. The maximum absolute atomic E-state index is 12.2. The summed E-state index contributed by atoms with van der Waals surface area (Å²) >= 11 is 0. The van der Waals surface area contributed by atoms with Crippen LogP contribution in [0.5, 0.6) is 0 Å². The number of carbonyl (C=O) groups excluding carboxylic acids is 1. The highest BCUT2D eigenvalue weighted by molar-refractivity contribution is 5.82. The molecule has 1 aromatic carbocycles. The number of amides is 1. The van der Waals surface area contributed by atoms with Crippen LogP contribution in [0.1, 0.15) is 45.7 Å². The molecule has 0 radical (unpaired) electrons. The number of benzene rings is 1. The van der Waals surface area contributed by atoms with Crippen LogP contribution in [0.2, 0.25) is 0 Å². The van der Waals surface area contributed by atoms with Crippen molar-refractivity contribution in [1.82, 2.24) is 5.32 Å². The number of rotatable bonds is 6. The first-order valence-electron chi connectivity index (χ1n) is 7.08. The lowest BCUT2D eigenvalue weighted by atomic mass is 9.94. The van der Waals surface area contributed by atoms with E-state index in [0.29, 0.717) is 5.92 Å². The van der Waals surface area contributed by atoms with E-state index in [1.807, 2.05) is 37.3 Å². The predicted molar refractivity (Wildman–Crippen MR) is 79.6 cm³/mol. The lowest BCUT2D eigenvalue weighted by molar-refractivity contribution is -0.124. The minimum atomic E-state index is -0.435. The highest BCUT2D eigenvalue weighted by Crippen LogP contribution is 2.21. The Kier molecular flexibility index (Phi) is 6.03. The Hall–Kier alpha value is -1.35. The van der Waals surface area contributed by atoms with Gasteiger partial charge in [0.1, 0.15) is 0 Å². The van der Waals surface area contributed by atoms with E-state index in [0.717, 1.165) is 12.0 Å². The molecular formula is C16H26N2O. The number of hydrogen-bond donors (Lipinski definition) is 2. The van der Waals surface area contributed by atoms with E-state index in [2.05, 4.69) is 26.1 Å². The molecule has 0 aliphatic rings. The summed E-state index contributed by atoms with van der Waals surface area (Å²) in [6.45, 7) is 8.27. The van der Waals surface area contributed by atoms with Crippen molar-refractivity contribution >= 4 is 5.91 Å². The average Bonchev–Trinajstić information content (AvgIpc) is 2.43. The van der Waals surface area contributed by atoms with Gasteiger partial charge in [-0.3, -0.25) is 4.79 Å². The predicted octanol–water partition coefficient (Wildman–Crippen LogP) is 2.87. The standard InChI is InChI=1S/C16H26N2O/c1-5-12(4)14(17)16(19)18-15(11(2)3)13-9-7-6-8-10-13/h6-12,14-15H,5,17H2,1-4H3,(H,18,19). The molecule has 0 spiro atoms. The summed E-state index contributed by atoms with van der Waals surface area (Å²) in [6.07, 6.45) is 0.909. The third-order valence-corrected chi connectivity index (χ3v) is 3.68. The van der Waals surface area contributed by atoms with E-state index in [1.165, 1.54) is 0 Å². The van der Waals surface area contributed by atoms with Gasteiger partial charge < -0.3 is 11.1 Å². The molecule has 3 nitrogen and oxygen atoms in total. The summed E-state index contributed by atoms with van der Waals surface area (Å²) in [5.41, 5.74) is 7.11. The molecule has 106 valence electrons. The topological polar surface area (TPSA) is 55.1 Å². The number of hydrogen-bond acceptors (Lipinski definition) is 2. The molecule has 0 heterocycles. The maximum atomic E-state index is 12.2. The van der Waals surface area contributed by atoms with Crippen LogP contribution in [0.25, 0.3) is 0 Å². The van der Waals surface area contributed by atoms with Crippen molar-refractivity contribution in [3.63, 3.8) is 0 Å². The van der Waals surface area contributed by atoms with Crippen molar-refractivity contribution in [1.29, 1.82) is 0 Å². The van der Waals surface area contributed by atoms with Gasteiger partial charge in [0.15, 0.2) is 0 Å². The molecule has 3 heteroatoms. The van der Waals surface area contributed by atoms with Crippen LogP contribution in [0.4, 0.5) is 0 Å². The Balaban J connectivity index is 2.78. The minimum absolute atomic E-state index is 0.0174. The Morgan fingerprint density at radius 2 is 1.79 bits per heavy atom. The van der Waals surface area contributed by atoms with Gasteiger partial charge in [-0.2, -0.15) is 0 Å². The molecule has 0 aromatic heterocycles. The molecule has 0 saturated heterocycles. The first-order chi connectivity index (χ1) is 8.97. The fourth-order valence-corrected chi connectivity index (χ4v) is 2.06. The maximum Gasteiger partial charge on any atom is 0.237 e. The van der Waals surface area contributed by atoms with E-state index < -0.39 is 6.04 Å². The lowest BCUT2D eigenvalue weighted by Gasteiger charge is -2.26. The van der Waals surface area contributed by atoms with Gasteiger partial charge >= 0.3 is 0 Å². The first kappa shape index (κ1) is 15.7. The third kappa shape index (κ3) is 4.35. The molecule has 1 rings (SSSR count). The summed E-state index contributed by atoms with van der Waals surface area (Å²) < 4.78 is 0. The molecule has 1 amide bonds. The first-order valence-corrected chi connectivity index (χ1v) is 7.08. The molecule has 0 fully saturated rings.